The van der Waals surface area contributed by atoms with Crippen molar-refractivity contribution < 1.29 is 0 Å². The van der Waals surface area contributed by atoms with Gasteiger partial charge >= 0.3 is 0 Å². The van der Waals surface area contributed by atoms with E-state index in [2.05, 4.69) is 0 Å². The Morgan fingerprint density at radius 1 is 1.11 bits per heavy atom. The van der Waals surface area contributed by atoms with E-state index in [1.807, 2.05) is 0 Å². The highest BCUT2D eigenvalue weighted by Gasteiger charge is 1.88. The Morgan fingerprint density at radius 2 is 1.78 bits per heavy atom. The van der Waals surface area contributed by atoms with Gasteiger partial charge in [-0.05, 0) is 12.1 Å². The fourth-order valence-electron chi connectivity index (χ4n) is 0.593. The topological polar surface area (TPSA) is 26.0 Å². The average Bonchev–Trinajstić information content (AvgIpc) is 1.80. The van der Waals surface area contributed by atoms with Gasteiger partial charge < -0.3 is 5.73 Å². The molecule has 3 heteroatoms. The smallest absolute Gasteiger partial charge is 0.113 e. The molecule has 0 fully saturated rings. The number of hydrogen-bond donors (Lipinski definition) is 1. The van der Waals surface area contributed by atoms with Gasteiger partial charge in [0.2, 0.25) is 0 Å². The van der Waals surface area contributed by atoms with Crippen molar-refractivity contribution in [2.24, 2.45) is 0 Å². The van der Waals surface area contributed by atoms with E-state index in [1.165, 1.54) is 0 Å². The van der Waals surface area contributed by atoms with Gasteiger partial charge in [-0.15, -0.1) is 10.9 Å². The molecule has 1 aromatic rings. The van der Waals surface area contributed by atoms with Gasteiger partial charge in [-0.25, -0.2) is 0 Å². The third kappa shape index (κ3) is 1.28. The average molecular weight is 113 g/mol. The van der Waals surface area contributed by atoms with Crippen LogP contribution in [-0.4, -0.2) is 15.7 Å². The molecular weight excluding hydrogens is 108 g/mol. The predicted octanol–water partition coefficient (Wildman–Crippen LogP) is -1.14. The maximum atomic E-state index is 5.42. The van der Waals surface area contributed by atoms with Gasteiger partial charge in [-0.1, -0.05) is 6.07 Å². The molecule has 0 unspecified atom stereocenters. The fraction of sp³-hybridized carbons (Fsp3) is 0. The van der Waals surface area contributed by atoms with Crippen LogP contribution >= 0.6 is 0 Å². The van der Waals surface area contributed by atoms with E-state index in [1.54, 1.807) is 18.2 Å². The van der Waals surface area contributed by atoms with Crippen LogP contribution in [-0.2, 0) is 0 Å². The first-order valence-electron chi connectivity index (χ1n) is 2.60. The van der Waals surface area contributed by atoms with Gasteiger partial charge in [-0.2, -0.15) is 0 Å². The molecule has 0 aliphatic carbocycles. The van der Waals surface area contributed by atoms with Crippen molar-refractivity contribution in [1.82, 2.24) is 0 Å². The van der Waals surface area contributed by atoms with Crippen molar-refractivity contribution >= 4 is 32.3 Å². The third-order valence-corrected chi connectivity index (χ3v) is 1.11. The van der Waals surface area contributed by atoms with Crippen LogP contribution in [0.5, 0.6) is 0 Å². The van der Waals surface area contributed by atoms with Crippen molar-refractivity contribution in [2.45, 2.75) is 0 Å². The Kier molecular flexibility index (Phi) is 1.52. The van der Waals surface area contributed by atoms with Gasteiger partial charge in [0.15, 0.2) is 0 Å². The highest BCUT2D eigenvalue weighted by molar-refractivity contribution is 6.48. The monoisotopic (exact) mass is 113 g/mol. The summed E-state index contributed by atoms with van der Waals surface area (Å²) in [5.74, 6) is 0. The first-order chi connectivity index (χ1) is 4.20. The minimum Gasteiger partial charge on any atom is -0.399 e. The lowest BCUT2D eigenvalue weighted by atomic mass is 9.81. The number of hydrogen-bond acceptors (Lipinski definition) is 1. The Morgan fingerprint density at radius 3 is 2.22 bits per heavy atom. The van der Waals surface area contributed by atoms with Crippen LogP contribution in [0.1, 0.15) is 0 Å². The van der Waals surface area contributed by atoms with Gasteiger partial charge in [-0.3, -0.25) is 0 Å². The summed E-state index contributed by atoms with van der Waals surface area (Å²) < 4.78 is 0. The van der Waals surface area contributed by atoms with Crippen LogP contribution < -0.4 is 16.7 Å². The molecule has 1 rings (SSSR count). The molecule has 1 aromatic carbocycles. The minimum atomic E-state index is 0.537. The fourth-order valence-corrected chi connectivity index (χ4v) is 0.593. The Bertz CT molecular complexity index is 222. The molecule has 0 bridgehead atoms. The molecule has 0 atom stereocenters. The molecule has 1 nitrogen and oxygen atoms in total. The highest BCUT2D eigenvalue weighted by atomic mass is 14.5. The lowest BCUT2D eigenvalue weighted by Crippen LogP contribution is -2.25. The highest BCUT2D eigenvalue weighted by Crippen LogP contribution is 1.91. The largest absolute Gasteiger partial charge is 0.399 e. The molecule has 0 amide bonds. The SMILES string of the molecule is [B]c1ccc(N)cc1[B]. The molecule has 0 heterocycles. The summed E-state index contributed by atoms with van der Waals surface area (Å²) in [4.78, 5) is 0. The maximum absolute atomic E-state index is 5.42. The number of rotatable bonds is 0. The van der Waals surface area contributed by atoms with Gasteiger partial charge in [0.1, 0.15) is 15.7 Å². The van der Waals surface area contributed by atoms with Crippen LogP contribution in [0.4, 0.5) is 5.69 Å². The summed E-state index contributed by atoms with van der Waals surface area (Å²) in [6.07, 6.45) is 0. The first-order valence-corrected chi connectivity index (χ1v) is 2.60. The van der Waals surface area contributed by atoms with E-state index in [-0.39, 0.29) is 0 Å². The van der Waals surface area contributed by atoms with Crippen molar-refractivity contribution in [3.8, 4) is 0 Å². The first kappa shape index (κ1) is 6.27. The molecular formula is C6H5B2N. The second kappa shape index (κ2) is 2.18. The lowest BCUT2D eigenvalue weighted by molar-refractivity contribution is 1.77. The molecule has 0 saturated carbocycles. The van der Waals surface area contributed by atoms with Crippen LogP contribution in [0.15, 0.2) is 18.2 Å². The minimum absolute atomic E-state index is 0.537. The maximum Gasteiger partial charge on any atom is 0.113 e. The van der Waals surface area contributed by atoms with E-state index in [4.69, 9.17) is 21.4 Å². The van der Waals surface area contributed by atoms with Crippen molar-refractivity contribution in [1.29, 1.82) is 0 Å². The van der Waals surface area contributed by atoms with Crippen LogP contribution in [0.25, 0.3) is 0 Å². The molecule has 0 aliphatic rings. The lowest BCUT2D eigenvalue weighted by Gasteiger charge is -1.99. The zero-order chi connectivity index (χ0) is 6.85. The molecule has 4 radical (unpaired) electrons. The van der Waals surface area contributed by atoms with Gasteiger partial charge in [0.25, 0.3) is 0 Å². The molecule has 2 N–H and O–H groups in total. The Labute approximate surface area is 57.1 Å². The molecule has 0 aromatic heterocycles. The summed E-state index contributed by atoms with van der Waals surface area (Å²) in [5, 5.41) is 0. The van der Waals surface area contributed by atoms with Crippen molar-refractivity contribution in [3.05, 3.63) is 18.2 Å². The van der Waals surface area contributed by atoms with Gasteiger partial charge in [0, 0.05) is 5.69 Å². The zero-order valence-electron chi connectivity index (χ0n) is 4.96. The van der Waals surface area contributed by atoms with Crippen LogP contribution in [0.2, 0.25) is 0 Å². The number of benzene rings is 1. The number of anilines is 1. The Hall–Kier alpha value is -0.850. The van der Waals surface area contributed by atoms with E-state index in [9.17, 15) is 0 Å². The summed E-state index contributed by atoms with van der Waals surface area (Å²) in [6, 6.07) is 5.03. The predicted molar refractivity (Wildman–Crippen MR) is 41.6 cm³/mol. The van der Waals surface area contributed by atoms with E-state index in [0.29, 0.717) is 16.6 Å². The molecule has 0 spiro atoms. The molecule has 0 saturated heterocycles. The second-order valence-electron chi connectivity index (χ2n) is 1.89. The number of nitrogens with two attached hydrogens (primary N) is 1. The third-order valence-electron chi connectivity index (χ3n) is 1.11. The Balaban J connectivity index is 3.17. The summed E-state index contributed by atoms with van der Waals surface area (Å²) in [5.41, 5.74) is 7.14. The van der Waals surface area contributed by atoms with Crippen molar-refractivity contribution in [2.75, 3.05) is 5.73 Å². The summed E-state index contributed by atoms with van der Waals surface area (Å²) in [7, 11) is 10.8. The van der Waals surface area contributed by atoms with Gasteiger partial charge in [0.05, 0.1) is 0 Å². The van der Waals surface area contributed by atoms with E-state index in [0.717, 1.165) is 0 Å². The molecule has 40 valence electrons. The second-order valence-corrected chi connectivity index (χ2v) is 1.89. The van der Waals surface area contributed by atoms with E-state index < -0.39 is 0 Å². The molecule has 9 heavy (non-hydrogen) atoms. The zero-order valence-corrected chi connectivity index (χ0v) is 4.96. The number of nitrogen functional groups attached to an aromatic ring is 1. The molecule has 0 aliphatic heterocycles. The summed E-state index contributed by atoms with van der Waals surface area (Å²) in [6.45, 7) is 0. The van der Waals surface area contributed by atoms with Crippen LogP contribution in [0, 0.1) is 0 Å². The van der Waals surface area contributed by atoms with E-state index >= 15 is 0 Å². The standard InChI is InChI=1S/C6H5B2N/c7-5-2-1-4(9)3-6(5)8/h1-3H,9H2. The quantitative estimate of drug-likeness (QED) is 0.333. The van der Waals surface area contributed by atoms with Crippen molar-refractivity contribution in [3.63, 3.8) is 0 Å². The normalized spacial score (nSPS) is 9.33. The van der Waals surface area contributed by atoms with Crippen LogP contribution in [0.3, 0.4) is 0 Å². The summed E-state index contributed by atoms with van der Waals surface area (Å²) >= 11 is 0.